The summed E-state index contributed by atoms with van der Waals surface area (Å²) in [5.74, 6) is -0.705. The number of amides is 1. The van der Waals surface area contributed by atoms with Crippen molar-refractivity contribution in [3.63, 3.8) is 0 Å². The molecular weight excluding hydrogens is 689 g/mol. The quantitative estimate of drug-likeness (QED) is 0.0694. The summed E-state index contributed by atoms with van der Waals surface area (Å²) in [6, 6.07) is 24.6. The van der Waals surface area contributed by atoms with Crippen LogP contribution in [0, 0.1) is 5.92 Å². The number of benzene rings is 3. The van der Waals surface area contributed by atoms with E-state index in [9.17, 15) is 14.7 Å². The first kappa shape index (κ1) is 44.2. The number of aliphatic hydroxyl groups is 1. The Kier molecular flexibility index (Phi) is 19.4. The predicted octanol–water partition coefficient (Wildman–Crippen LogP) is 10.2. The normalized spacial score (nSPS) is 19.0. The molecule has 3 aromatic carbocycles. The third kappa shape index (κ3) is 14.8. The molecule has 1 amide bonds. The van der Waals surface area contributed by atoms with Gasteiger partial charge >= 0.3 is 5.97 Å². The van der Waals surface area contributed by atoms with Crippen molar-refractivity contribution in [1.82, 2.24) is 10.2 Å². The van der Waals surface area contributed by atoms with Gasteiger partial charge < -0.3 is 29.5 Å². The van der Waals surface area contributed by atoms with Crippen LogP contribution in [-0.4, -0.2) is 53.7 Å². The van der Waals surface area contributed by atoms with Crippen LogP contribution >= 0.6 is 0 Å². The molecule has 0 radical (unpaired) electrons. The summed E-state index contributed by atoms with van der Waals surface area (Å²) < 4.78 is 18.9. The molecule has 0 spiro atoms. The molecule has 3 aromatic rings. The molecule has 1 fully saturated rings. The number of hydrogen-bond donors (Lipinski definition) is 2. The van der Waals surface area contributed by atoms with Crippen molar-refractivity contribution in [1.29, 1.82) is 0 Å². The van der Waals surface area contributed by atoms with Crippen LogP contribution in [0.15, 0.2) is 72.8 Å². The predicted molar refractivity (Wildman–Crippen MR) is 221 cm³/mol. The maximum Gasteiger partial charge on any atom is 0.303 e. The van der Waals surface area contributed by atoms with Gasteiger partial charge in [0.2, 0.25) is 0 Å². The fourth-order valence-corrected chi connectivity index (χ4v) is 7.47. The summed E-state index contributed by atoms with van der Waals surface area (Å²) in [4.78, 5) is 26.4. The largest absolute Gasteiger partial charge is 0.453 e. The molecule has 5 atom stereocenters. The van der Waals surface area contributed by atoms with Gasteiger partial charge in [-0.2, -0.15) is 0 Å². The summed E-state index contributed by atoms with van der Waals surface area (Å²) in [5, 5.41) is 12.6. The number of carbonyl (C=O) groups is 2. The Morgan fingerprint density at radius 3 is 1.98 bits per heavy atom. The molecule has 0 bridgehead atoms. The molecule has 0 saturated carbocycles. The molecular formula is C47H68N2O6. The van der Waals surface area contributed by atoms with E-state index in [2.05, 4.69) is 73.5 Å². The molecule has 1 aliphatic heterocycles. The molecule has 0 aliphatic carbocycles. The molecule has 0 unspecified atom stereocenters. The fourth-order valence-electron chi connectivity index (χ4n) is 7.47. The minimum Gasteiger partial charge on any atom is -0.453 e. The smallest absolute Gasteiger partial charge is 0.303 e. The van der Waals surface area contributed by atoms with Crippen LogP contribution in [0.5, 0.6) is 0 Å². The molecule has 2 N–H and O–H groups in total. The van der Waals surface area contributed by atoms with E-state index in [1.54, 1.807) is 6.92 Å². The van der Waals surface area contributed by atoms with E-state index in [1.807, 2.05) is 30.3 Å². The molecule has 4 rings (SSSR count). The van der Waals surface area contributed by atoms with Gasteiger partial charge in [0.1, 0.15) is 0 Å². The van der Waals surface area contributed by atoms with Crippen LogP contribution < -0.4 is 5.32 Å². The zero-order valence-corrected chi connectivity index (χ0v) is 34.3. The summed E-state index contributed by atoms with van der Waals surface area (Å²) in [5.41, 5.74) is 5.91. The Hall–Kier alpha value is -3.56. The lowest BCUT2D eigenvalue weighted by molar-refractivity contribution is -0.276. The number of nitrogens with zero attached hydrogens (tertiary/aromatic N) is 1. The lowest BCUT2D eigenvalue weighted by Gasteiger charge is -2.43. The van der Waals surface area contributed by atoms with Crippen molar-refractivity contribution >= 4 is 11.9 Å². The number of carbonyl (C=O) groups excluding carboxylic acids is 2. The van der Waals surface area contributed by atoms with E-state index in [0.717, 1.165) is 53.0 Å². The number of aliphatic hydroxyl groups excluding tert-OH is 1. The average molecular weight is 757 g/mol. The highest BCUT2D eigenvalue weighted by molar-refractivity contribution is 5.82. The van der Waals surface area contributed by atoms with Crippen molar-refractivity contribution in [3.8, 4) is 11.1 Å². The van der Waals surface area contributed by atoms with Crippen molar-refractivity contribution in [3.05, 3.63) is 95.1 Å². The minimum atomic E-state index is -0.853. The number of rotatable bonds is 24. The van der Waals surface area contributed by atoms with Gasteiger partial charge in [-0.25, -0.2) is 0 Å². The van der Waals surface area contributed by atoms with Crippen LogP contribution in [-0.2, 0) is 37.0 Å². The van der Waals surface area contributed by atoms with Gasteiger partial charge in [0.15, 0.2) is 12.4 Å². The topological polar surface area (TPSA) is 97.3 Å². The summed E-state index contributed by atoms with van der Waals surface area (Å²) in [6.45, 7) is 13.0. The van der Waals surface area contributed by atoms with Gasteiger partial charge in [0.25, 0.3) is 5.91 Å². The van der Waals surface area contributed by atoms with Crippen molar-refractivity contribution in [2.45, 2.75) is 149 Å². The van der Waals surface area contributed by atoms with Gasteiger partial charge in [0.05, 0.1) is 18.8 Å². The first-order valence-corrected chi connectivity index (χ1v) is 21.1. The molecule has 8 heteroatoms. The minimum absolute atomic E-state index is 0.00926. The zero-order chi connectivity index (χ0) is 39.4. The highest BCUT2D eigenvalue weighted by Crippen LogP contribution is 2.42. The molecule has 302 valence electrons. The Morgan fingerprint density at radius 1 is 0.764 bits per heavy atom. The Bertz CT molecular complexity index is 1540. The summed E-state index contributed by atoms with van der Waals surface area (Å²) in [7, 11) is 0. The maximum atomic E-state index is 12.5. The lowest BCUT2D eigenvalue weighted by Crippen LogP contribution is -2.45. The van der Waals surface area contributed by atoms with E-state index in [4.69, 9.17) is 14.2 Å². The average Bonchev–Trinajstić information content (AvgIpc) is 3.20. The second-order valence-electron chi connectivity index (χ2n) is 15.5. The fraction of sp³-hybridized carbons (Fsp3) is 0.574. The third-order valence-electron chi connectivity index (χ3n) is 10.8. The maximum absolute atomic E-state index is 12.5. The molecule has 8 nitrogen and oxygen atoms in total. The van der Waals surface area contributed by atoms with Gasteiger partial charge in [-0.3, -0.25) is 9.59 Å². The van der Waals surface area contributed by atoms with Crippen molar-refractivity contribution in [2.24, 2.45) is 5.92 Å². The van der Waals surface area contributed by atoms with E-state index >= 15 is 0 Å². The third-order valence-corrected chi connectivity index (χ3v) is 10.8. The van der Waals surface area contributed by atoms with Crippen LogP contribution in [0.1, 0.15) is 146 Å². The first-order chi connectivity index (χ1) is 26.7. The van der Waals surface area contributed by atoms with Gasteiger partial charge in [-0.05, 0) is 72.8 Å². The number of unbranched alkanes of at least 4 members (excludes halogenated alkanes) is 10. The van der Waals surface area contributed by atoms with Crippen molar-refractivity contribution in [2.75, 3.05) is 19.6 Å². The van der Waals surface area contributed by atoms with Crippen LogP contribution in [0.25, 0.3) is 11.1 Å². The van der Waals surface area contributed by atoms with Crippen LogP contribution in [0.2, 0.25) is 0 Å². The number of nitrogens with one attached hydrogen (secondary N) is 1. The van der Waals surface area contributed by atoms with Crippen LogP contribution in [0.4, 0.5) is 0 Å². The summed E-state index contributed by atoms with van der Waals surface area (Å²) >= 11 is 0. The standard InChI is InChI=1S/C47H68N2O6/c1-6-8-10-12-14-16-28-49(29-17-15-13-11-9-7-2)33-44-35(3)45(40-26-24-38(34-50)25-27-40)55-47(54-44)43-23-19-22-42(31-43)41-21-18-20-39(30-41)32-48-46(52)36(4)53-37(5)51/h18-27,30-31,35-36,44-45,47,50H,6-17,28-29,32-34H2,1-5H3,(H,48,52)/t35-,36+,44+,45+,47+/m1/s1. The van der Waals surface area contributed by atoms with Gasteiger partial charge in [-0.15, -0.1) is 0 Å². The van der Waals surface area contributed by atoms with Gasteiger partial charge in [0, 0.05) is 31.5 Å². The van der Waals surface area contributed by atoms with E-state index in [-0.39, 0.29) is 30.6 Å². The Balaban J connectivity index is 1.54. The molecule has 1 heterocycles. The number of esters is 1. The van der Waals surface area contributed by atoms with Crippen LogP contribution in [0.3, 0.4) is 0 Å². The molecule has 1 aliphatic rings. The monoisotopic (exact) mass is 757 g/mol. The van der Waals surface area contributed by atoms with E-state index in [1.165, 1.54) is 84.0 Å². The second kappa shape index (κ2) is 24.2. The Morgan fingerprint density at radius 2 is 1.36 bits per heavy atom. The first-order valence-electron chi connectivity index (χ1n) is 21.1. The second-order valence-corrected chi connectivity index (χ2v) is 15.5. The lowest BCUT2D eigenvalue weighted by atomic mass is 9.89. The molecule has 55 heavy (non-hydrogen) atoms. The Labute approximate surface area is 331 Å². The number of ether oxygens (including phenoxy) is 3. The number of hydrogen-bond acceptors (Lipinski definition) is 7. The zero-order valence-electron chi connectivity index (χ0n) is 34.3. The van der Waals surface area contributed by atoms with E-state index in [0.29, 0.717) is 6.54 Å². The highest BCUT2D eigenvalue weighted by atomic mass is 16.7. The highest BCUT2D eigenvalue weighted by Gasteiger charge is 2.39. The summed E-state index contributed by atoms with van der Waals surface area (Å²) in [6.07, 6.45) is 13.8. The molecule has 1 saturated heterocycles. The SMILES string of the molecule is CCCCCCCCN(CCCCCCCC)C[C@@H]1O[C@H](c2cccc(-c3cccc(CNC(=O)[C@H](C)OC(C)=O)c3)c2)O[C@H](c2ccc(CO)cc2)[C@@H]1C. The van der Waals surface area contributed by atoms with Gasteiger partial charge in [-0.1, -0.05) is 146 Å². The van der Waals surface area contributed by atoms with E-state index < -0.39 is 18.4 Å². The molecule has 0 aromatic heterocycles. The van der Waals surface area contributed by atoms with Crippen molar-refractivity contribution < 1.29 is 28.9 Å².